The van der Waals surface area contributed by atoms with Crippen molar-refractivity contribution in [3.05, 3.63) is 65.7 Å². The number of rotatable bonds is 6. The van der Waals surface area contributed by atoms with Crippen LogP contribution in [0.15, 0.2) is 59.5 Å². The Labute approximate surface area is 154 Å². The van der Waals surface area contributed by atoms with E-state index in [4.69, 9.17) is 5.73 Å². The van der Waals surface area contributed by atoms with Crippen molar-refractivity contribution in [1.82, 2.24) is 9.62 Å². The van der Waals surface area contributed by atoms with Crippen LogP contribution in [0.25, 0.3) is 0 Å². The van der Waals surface area contributed by atoms with Crippen LogP contribution in [0, 0.1) is 0 Å². The smallest absolute Gasteiger partial charge is 0.254 e. The standard InChI is InChI=1S/C19H23N3O3S/c20-13-17-9-5-11-22(17)19(23)16-8-4-10-18(12-16)26(24,25)21-14-15-6-2-1-3-7-15/h1-4,6-8,10,12,17,21H,5,9,11,13-14,20H2. The van der Waals surface area contributed by atoms with Crippen molar-refractivity contribution in [2.75, 3.05) is 13.1 Å². The van der Waals surface area contributed by atoms with E-state index in [1.165, 1.54) is 12.1 Å². The fraction of sp³-hybridized carbons (Fsp3) is 0.316. The number of nitrogens with one attached hydrogen (secondary N) is 1. The third-order valence-corrected chi connectivity index (χ3v) is 6.01. The van der Waals surface area contributed by atoms with Gasteiger partial charge in [0.1, 0.15) is 0 Å². The highest BCUT2D eigenvalue weighted by molar-refractivity contribution is 7.89. The lowest BCUT2D eigenvalue weighted by Crippen LogP contribution is -2.40. The van der Waals surface area contributed by atoms with Crippen LogP contribution in [-0.4, -0.2) is 38.4 Å². The number of benzene rings is 2. The summed E-state index contributed by atoms with van der Waals surface area (Å²) in [5, 5.41) is 0. The van der Waals surface area contributed by atoms with Crippen molar-refractivity contribution in [1.29, 1.82) is 0 Å². The summed E-state index contributed by atoms with van der Waals surface area (Å²) in [7, 11) is -3.70. The maximum absolute atomic E-state index is 12.7. The molecule has 1 heterocycles. The molecule has 2 aromatic rings. The first-order valence-electron chi connectivity index (χ1n) is 8.66. The molecule has 0 radical (unpaired) electrons. The molecule has 1 aliphatic rings. The summed E-state index contributed by atoms with van der Waals surface area (Å²) in [6.07, 6.45) is 1.81. The first-order valence-corrected chi connectivity index (χ1v) is 10.1. The molecule has 138 valence electrons. The van der Waals surface area contributed by atoms with Gasteiger partial charge in [-0.25, -0.2) is 13.1 Å². The molecular formula is C19H23N3O3S. The van der Waals surface area contributed by atoms with Crippen LogP contribution < -0.4 is 10.5 Å². The summed E-state index contributed by atoms with van der Waals surface area (Å²) >= 11 is 0. The van der Waals surface area contributed by atoms with Gasteiger partial charge < -0.3 is 10.6 Å². The second kappa shape index (κ2) is 7.99. The molecule has 0 bridgehead atoms. The van der Waals surface area contributed by atoms with Crippen LogP contribution in [0.5, 0.6) is 0 Å². The molecule has 0 spiro atoms. The largest absolute Gasteiger partial charge is 0.334 e. The minimum Gasteiger partial charge on any atom is -0.334 e. The number of carbonyl (C=O) groups excluding carboxylic acids is 1. The lowest BCUT2D eigenvalue weighted by molar-refractivity contribution is 0.0741. The maximum atomic E-state index is 12.7. The van der Waals surface area contributed by atoms with Crippen molar-refractivity contribution in [2.24, 2.45) is 5.73 Å². The predicted molar refractivity (Wildman–Crippen MR) is 100 cm³/mol. The van der Waals surface area contributed by atoms with Gasteiger partial charge in [0.05, 0.1) is 4.90 Å². The molecule has 0 aromatic heterocycles. The fourth-order valence-electron chi connectivity index (χ4n) is 3.17. The number of amides is 1. The molecule has 26 heavy (non-hydrogen) atoms. The van der Waals surface area contributed by atoms with Crippen LogP contribution >= 0.6 is 0 Å². The molecule has 1 amide bonds. The van der Waals surface area contributed by atoms with E-state index in [1.54, 1.807) is 17.0 Å². The molecule has 1 fully saturated rings. The number of hydrogen-bond acceptors (Lipinski definition) is 4. The Morgan fingerprint density at radius 2 is 1.92 bits per heavy atom. The minimum atomic E-state index is -3.70. The number of carbonyl (C=O) groups is 1. The van der Waals surface area contributed by atoms with E-state index in [0.29, 0.717) is 18.7 Å². The van der Waals surface area contributed by atoms with Crippen LogP contribution in [0.4, 0.5) is 0 Å². The highest BCUT2D eigenvalue weighted by atomic mass is 32.2. The van der Waals surface area contributed by atoms with E-state index in [9.17, 15) is 13.2 Å². The number of nitrogens with zero attached hydrogens (tertiary/aromatic N) is 1. The van der Waals surface area contributed by atoms with Gasteiger partial charge in [0.15, 0.2) is 0 Å². The van der Waals surface area contributed by atoms with Crippen molar-refractivity contribution in [3.63, 3.8) is 0 Å². The van der Waals surface area contributed by atoms with Crippen molar-refractivity contribution < 1.29 is 13.2 Å². The first-order chi connectivity index (χ1) is 12.5. The average Bonchev–Trinajstić information content (AvgIpc) is 3.15. The summed E-state index contributed by atoms with van der Waals surface area (Å²) in [4.78, 5) is 14.6. The minimum absolute atomic E-state index is 0.0268. The molecule has 3 rings (SSSR count). The molecule has 3 N–H and O–H groups in total. The Morgan fingerprint density at radius 3 is 2.65 bits per heavy atom. The lowest BCUT2D eigenvalue weighted by Gasteiger charge is -2.23. The molecule has 0 saturated carbocycles. The van der Waals surface area contributed by atoms with Gasteiger partial charge >= 0.3 is 0 Å². The number of sulfonamides is 1. The Bertz CT molecular complexity index is 869. The quantitative estimate of drug-likeness (QED) is 0.806. The molecule has 1 aliphatic heterocycles. The van der Waals surface area contributed by atoms with E-state index in [-0.39, 0.29) is 23.4 Å². The van der Waals surface area contributed by atoms with Gasteiger partial charge in [-0.15, -0.1) is 0 Å². The second-order valence-corrected chi connectivity index (χ2v) is 8.14. The Kier molecular flexibility index (Phi) is 5.70. The van der Waals surface area contributed by atoms with Crippen molar-refractivity contribution >= 4 is 15.9 Å². The third-order valence-electron chi connectivity index (χ3n) is 4.61. The molecule has 2 aromatic carbocycles. The van der Waals surface area contributed by atoms with Gasteiger partial charge in [-0.05, 0) is 36.6 Å². The SMILES string of the molecule is NCC1CCCN1C(=O)c1cccc(S(=O)(=O)NCc2ccccc2)c1. The van der Waals surface area contributed by atoms with Crippen LogP contribution in [0.3, 0.4) is 0 Å². The topological polar surface area (TPSA) is 92.5 Å². The van der Waals surface area contributed by atoms with Gasteiger partial charge in [-0.1, -0.05) is 36.4 Å². The summed E-state index contributed by atoms with van der Waals surface area (Å²) in [6.45, 7) is 1.27. The average molecular weight is 373 g/mol. The van der Waals surface area contributed by atoms with Crippen molar-refractivity contribution in [3.8, 4) is 0 Å². The molecule has 1 saturated heterocycles. The number of likely N-dealkylation sites (tertiary alicyclic amines) is 1. The van der Waals surface area contributed by atoms with Gasteiger partial charge in [0.2, 0.25) is 10.0 Å². The number of nitrogens with two attached hydrogens (primary N) is 1. The maximum Gasteiger partial charge on any atom is 0.254 e. The molecule has 1 unspecified atom stereocenters. The van der Waals surface area contributed by atoms with E-state index < -0.39 is 10.0 Å². The van der Waals surface area contributed by atoms with E-state index >= 15 is 0 Å². The van der Waals surface area contributed by atoms with E-state index in [2.05, 4.69) is 4.72 Å². The molecule has 7 heteroatoms. The molecule has 1 atom stereocenters. The summed E-state index contributed by atoms with van der Waals surface area (Å²) in [5.74, 6) is -0.168. The van der Waals surface area contributed by atoms with Crippen molar-refractivity contribution in [2.45, 2.75) is 30.3 Å². The summed E-state index contributed by atoms with van der Waals surface area (Å²) < 4.78 is 27.7. The fourth-order valence-corrected chi connectivity index (χ4v) is 4.23. The normalized spacial score (nSPS) is 17.4. The van der Waals surface area contributed by atoms with Crippen LogP contribution in [-0.2, 0) is 16.6 Å². The lowest BCUT2D eigenvalue weighted by atomic mass is 10.1. The van der Waals surface area contributed by atoms with E-state index in [0.717, 1.165) is 18.4 Å². The van der Waals surface area contributed by atoms with Gasteiger partial charge in [0.25, 0.3) is 5.91 Å². The van der Waals surface area contributed by atoms with Crippen LogP contribution in [0.1, 0.15) is 28.8 Å². The van der Waals surface area contributed by atoms with Gasteiger partial charge in [-0.2, -0.15) is 0 Å². The zero-order valence-corrected chi connectivity index (χ0v) is 15.3. The highest BCUT2D eigenvalue weighted by Gasteiger charge is 2.28. The second-order valence-electron chi connectivity index (χ2n) is 6.37. The summed E-state index contributed by atoms with van der Waals surface area (Å²) in [6, 6.07) is 15.5. The molecule has 6 nitrogen and oxygen atoms in total. The predicted octanol–water partition coefficient (Wildman–Crippen LogP) is 1.73. The third kappa shape index (κ3) is 4.12. The Morgan fingerprint density at radius 1 is 1.15 bits per heavy atom. The number of hydrogen-bond donors (Lipinski definition) is 2. The zero-order chi connectivity index (χ0) is 18.6. The summed E-state index contributed by atoms with van der Waals surface area (Å²) in [5.41, 5.74) is 6.97. The van der Waals surface area contributed by atoms with Crippen LogP contribution in [0.2, 0.25) is 0 Å². The monoisotopic (exact) mass is 373 g/mol. The Hall–Kier alpha value is -2.22. The highest BCUT2D eigenvalue weighted by Crippen LogP contribution is 2.21. The molecule has 0 aliphatic carbocycles. The zero-order valence-electron chi connectivity index (χ0n) is 14.5. The van der Waals surface area contributed by atoms with Gasteiger partial charge in [0, 0.05) is 31.2 Å². The van der Waals surface area contributed by atoms with E-state index in [1.807, 2.05) is 30.3 Å². The molecular weight excluding hydrogens is 350 g/mol. The Balaban J connectivity index is 1.76. The first kappa shape index (κ1) is 18.6. The van der Waals surface area contributed by atoms with Gasteiger partial charge in [-0.3, -0.25) is 4.79 Å².